The zero-order valence-electron chi connectivity index (χ0n) is 19.7. The number of urea groups is 1. The third kappa shape index (κ3) is 6.99. The minimum Gasteiger partial charge on any atom is -0.387 e. The first-order valence-electron chi connectivity index (χ1n) is 10.9. The molecular formula is C25H30F2N6O. The second kappa shape index (κ2) is 12.3. The number of hydrogen-bond acceptors (Lipinski definition) is 3. The van der Waals surface area contributed by atoms with E-state index in [1.807, 2.05) is 13.8 Å². The maximum absolute atomic E-state index is 14.7. The van der Waals surface area contributed by atoms with Crippen molar-refractivity contribution in [3.05, 3.63) is 71.3 Å². The molecule has 180 valence electrons. The van der Waals surface area contributed by atoms with E-state index in [0.717, 1.165) is 6.07 Å². The SMILES string of the molecule is C/C=C(\N=C(N)CC)c1ccc(F)c(NC(=O)Nc2ccc(/C(=C/C)N=C(N)CC)c(F)c2)c1. The highest BCUT2D eigenvalue weighted by Gasteiger charge is 2.13. The van der Waals surface area contributed by atoms with Crippen molar-refractivity contribution in [3.8, 4) is 0 Å². The van der Waals surface area contributed by atoms with Crippen molar-refractivity contribution < 1.29 is 13.6 Å². The first-order valence-corrected chi connectivity index (χ1v) is 10.9. The van der Waals surface area contributed by atoms with Gasteiger partial charge in [0.05, 0.1) is 28.8 Å². The summed E-state index contributed by atoms with van der Waals surface area (Å²) in [5.74, 6) is -0.412. The van der Waals surface area contributed by atoms with Gasteiger partial charge in [-0.15, -0.1) is 0 Å². The van der Waals surface area contributed by atoms with Crippen molar-refractivity contribution in [1.82, 2.24) is 0 Å². The van der Waals surface area contributed by atoms with Crippen molar-refractivity contribution in [1.29, 1.82) is 0 Å². The van der Waals surface area contributed by atoms with Crippen LogP contribution in [0.25, 0.3) is 11.4 Å². The fourth-order valence-corrected chi connectivity index (χ4v) is 2.91. The molecule has 0 radical (unpaired) electrons. The second-order valence-corrected chi connectivity index (χ2v) is 7.23. The molecule has 0 aliphatic rings. The number of hydrogen-bond donors (Lipinski definition) is 4. The number of rotatable bonds is 8. The van der Waals surface area contributed by atoms with Crippen molar-refractivity contribution in [2.24, 2.45) is 21.5 Å². The van der Waals surface area contributed by atoms with Gasteiger partial charge in [-0.25, -0.2) is 23.6 Å². The molecule has 0 heterocycles. The molecule has 0 unspecified atom stereocenters. The fourth-order valence-electron chi connectivity index (χ4n) is 2.91. The van der Waals surface area contributed by atoms with Crippen molar-refractivity contribution in [2.75, 3.05) is 10.6 Å². The van der Waals surface area contributed by atoms with Gasteiger partial charge in [0.25, 0.3) is 0 Å². The third-order valence-corrected chi connectivity index (χ3v) is 4.81. The molecule has 0 aromatic heterocycles. The van der Waals surface area contributed by atoms with Crippen LogP contribution in [0.3, 0.4) is 0 Å². The highest BCUT2D eigenvalue weighted by Crippen LogP contribution is 2.25. The summed E-state index contributed by atoms with van der Waals surface area (Å²) < 4.78 is 29.0. The summed E-state index contributed by atoms with van der Waals surface area (Å²) >= 11 is 0. The van der Waals surface area contributed by atoms with Crippen molar-refractivity contribution >= 4 is 40.5 Å². The number of nitrogens with one attached hydrogen (secondary N) is 2. The molecule has 6 N–H and O–H groups in total. The van der Waals surface area contributed by atoms with E-state index in [1.165, 1.54) is 24.3 Å². The van der Waals surface area contributed by atoms with Gasteiger partial charge in [-0.2, -0.15) is 0 Å². The molecule has 0 spiro atoms. The first-order chi connectivity index (χ1) is 16.2. The summed E-state index contributed by atoms with van der Waals surface area (Å²) in [6.07, 6.45) is 4.48. The summed E-state index contributed by atoms with van der Waals surface area (Å²) in [7, 11) is 0. The van der Waals surface area contributed by atoms with Crippen LogP contribution in [0.5, 0.6) is 0 Å². The number of anilines is 2. The normalized spacial score (nSPS) is 13.1. The van der Waals surface area contributed by atoms with Crippen LogP contribution in [0, 0.1) is 11.6 Å². The van der Waals surface area contributed by atoms with Gasteiger partial charge in [-0.3, -0.25) is 0 Å². The van der Waals surface area contributed by atoms with Crippen LogP contribution < -0.4 is 22.1 Å². The van der Waals surface area contributed by atoms with Crippen LogP contribution in [0.1, 0.15) is 51.7 Å². The Kier molecular flexibility index (Phi) is 9.49. The quantitative estimate of drug-likeness (QED) is 0.287. The van der Waals surface area contributed by atoms with Gasteiger partial charge in [0.2, 0.25) is 0 Å². The number of nitrogens with two attached hydrogens (primary N) is 2. The summed E-state index contributed by atoms with van der Waals surface area (Å²) in [6, 6.07) is 7.65. The van der Waals surface area contributed by atoms with E-state index < -0.39 is 17.7 Å². The van der Waals surface area contributed by atoms with Crippen LogP contribution >= 0.6 is 0 Å². The zero-order valence-corrected chi connectivity index (χ0v) is 19.7. The molecular weight excluding hydrogens is 438 g/mol. The number of carbonyl (C=O) groups excluding carboxylic acids is 1. The lowest BCUT2D eigenvalue weighted by Crippen LogP contribution is -2.20. The van der Waals surface area contributed by atoms with E-state index in [-0.39, 0.29) is 16.9 Å². The van der Waals surface area contributed by atoms with Gasteiger partial charge in [-0.05, 0) is 50.2 Å². The Balaban J connectivity index is 2.21. The molecule has 0 bridgehead atoms. The highest BCUT2D eigenvalue weighted by molar-refractivity contribution is 6.00. The molecule has 0 aliphatic heterocycles. The monoisotopic (exact) mass is 468 g/mol. The standard InChI is InChI=1S/C25H30F2N6O/c1-5-20(31-23(28)7-3)15-9-12-18(26)22(13-15)33-25(34)30-16-10-11-17(19(27)14-16)21(6-2)32-24(29)8-4/h5-6,9-14H,7-8H2,1-4H3,(H2,28,31)(H2,29,32)(H2,30,33,34)/b20-5-,21-6-. The van der Waals surface area contributed by atoms with E-state index >= 15 is 0 Å². The van der Waals surface area contributed by atoms with E-state index in [0.29, 0.717) is 41.5 Å². The van der Waals surface area contributed by atoms with E-state index in [4.69, 9.17) is 11.5 Å². The van der Waals surface area contributed by atoms with E-state index in [1.54, 1.807) is 32.1 Å². The number of carbonyl (C=O) groups is 1. The minimum atomic E-state index is -0.735. The van der Waals surface area contributed by atoms with Crippen molar-refractivity contribution in [2.45, 2.75) is 40.5 Å². The Morgan fingerprint density at radius 2 is 1.50 bits per heavy atom. The van der Waals surface area contributed by atoms with Gasteiger partial charge < -0.3 is 22.1 Å². The van der Waals surface area contributed by atoms with Crippen molar-refractivity contribution in [3.63, 3.8) is 0 Å². The molecule has 2 amide bonds. The molecule has 9 heteroatoms. The Morgan fingerprint density at radius 3 is 2.06 bits per heavy atom. The molecule has 0 atom stereocenters. The second-order valence-electron chi connectivity index (χ2n) is 7.23. The maximum Gasteiger partial charge on any atom is 0.323 e. The Morgan fingerprint density at radius 1 is 0.882 bits per heavy atom. The minimum absolute atomic E-state index is 0.0581. The number of nitrogens with zero attached hydrogens (tertiary/aromatic N) is 2. The smallest absolute Gasteiger partial charge is 0.323 e. The molecule has 0 aliphatic carbocycles. The van der Waals surface area contributed by atoms with Gasteiger partial charge in [-0.1, -0.05) is 26.0 Å². The van der Waals surface area contributed by atoms with Crippen LogP contribution in [0.4, 0.5) is 25.0 Å². The summed E-state index contributed by atoms with van der Waals surface area (Å²) in [5.41, 5.74) is 13.5. The summed E-state index contributed by atoms with van der Waals surface area (Å²) in [6.45, 7) is 7.23. The number of aliphatic imine (C=N–C) groups is 2. The Hall–Kier alpha value is -4.01. The largest absolute Gasteiger partial charge is 0.387 e. The molecule has 7 nitrogen and oxygen atoms in total. The lowest BCUT2D eigenvalue weighted by molar-refractivity contribution is 0.262. The Labute approximate surface area is 198 Å². The van der Waals surface area contributed by atoms with Gasteiger partial charge in [0, 0.05) is 29.7 Å². The number of benzene rings is 2. The summed E-state index contributed by atoms with van der Waals surface area (Å²) in [5, 5.41) is 4.94. The molecule has 2 aromatic rings. The molecule has 0 saturated carbocycles. The van der Waals surface area contributed by atoms with E-state index in [9.17, 15) is 13.6 Å². The zero-order chi connectivity index (χ0) is 25.3. The van der Waals surface area contributed by atoms with Crippen LogP contribution in [0.2, 0.25) is 0 Å². The van der Waals surface area contributed by atoms with Crippen LogP contribution in [-0.4, -0.2) is 17.7 Å². The van der Waals surface area contributed by atoms with Gasteiger partial charge in [0.1, 0.15) is 11.6 Å². The lowest BCUT2D eigenvalue weighted by atomic mass is 10.1. The predicted octanol–water partition coefficient (Wildman–Crippen LogP) is 5.86. The van der Waals surface area contributed by atoms with Gasteiger partial charge >= 0.3 is 6.03 Å². The topological polar surface area (TPSA) is 118 Å². The Bertz CT molecular complexity index is 1170. The number of halogens is 2. The molecule has 2 aromatic carbocycles. The number of allylic oxidation sites excluding steroid dienone is 2. The average Bonchev–Trinajstić information content (AvgIpc) is 2.82. The van der Waals surface area contributed by atoms with Crippen LogP contribution in [-0.2, 0) is 0 Å². The molecule has 2 rings (SSSR count). The van der Waals surface area contributed by atoms with E-state index in [2.05, 4.69) is 20.6 Å². The lowest BCUT2D eigenvalue weighted by Gasteiger charge is -2.12. The van der Waals surface area contributed by atoms with Gasteiger partial charge in [0.15, 0.2) is 0 Å². The summed E-state index contributed by atoms with van der Waals surface area (Å²) in [4.78, 5) is 21.0. The average molecular weight is 469 g/mol. The maximum atomic E-state index is 14.7. The first kappa shape index (κ1) is 26.2. The number of amides is 2. The predicted molar refractivity (Wildman–Crippen MR) is 137 cm³/mol. The molecule has 34 heavy (non-hydrogen) atoms. The fraction of sp³-hybridized carbons (Fsp3) is 0.240. The van der Waals surface area contributed by atoms with Crippen LogP contribution in [0.15, 0.2) is 58.5 Å². The molecule has 0 saturated heterocycles. The highest BCUT2D eigenvalue weighted by atomic mass is 19.1. The number of amidine groups is 2. The third-order valence-electron chi connectivity index (χ3n) is 4.81. The molecule has 0 fully saturated rings.